The van der Waals surface area contributed by atoms with Crippen molar-refractivity contribution < 1.29 is 9.53 Å². The Hall–Kier alpha value is -1.39. The molecule has 0 radical (unpaired) electrons. The molecule has 1 saturated heterocycles. The molecule has 1 aliphatic rings. The molecule has 0 N–H and O–H groups in total. The molecule has 1 amide bonds. The van der Waals surface area contributed by atoms with Crippen LogP contribution in [0.4, 0.5) is 0 Å². The van der Waals surface area contributed by atoms with Gasteiger partial charge in [-0.3, -0.25) is 9.69 Å². The molecule has 1 heterocycles. The normalized spacial score (nSPS) is 19.6. The van der Waals surface area contributed by atoms with E-state index < -0.39 is 0 Å². The van der Waals surface area contributed by atoms with Gasteiger partial charge in [-0.15, -0.1) is 0 Å². The summed E-state index contributed by atoms with van der Waals surface area (Å²) in [6.07, 6.45) is -0.00161. The number of rotatable bonds is 4. The molecule has 1 fully saturated rings. The second kappa shape index (κ2) is 6.86. The fourth-order valence-corrected chi connectivity index (χ4v) is 2.24. The van der Waals surface area contributed by atoms with E-state index in [0.29, 0.717) is 32.3 Å². The maximum Gasteiger partial charge on any atom is 0.236 e. The minimum absolute atomic E-state index is 0.00161. The molecule has 0 spiro atoms. The van der Waals surface area contributed by atoms with Crippen LogP contribution in [0.25, 0.3) is 0 Å². The Morgan fingerprint density at radius 1 is 1.40 bits per heavy atom. The van der Waals surface area contributed by atoms with Gasteiger partial charge in [0.2, 0.25) is 5.91 Å². The summed E-state index contributed by atoms with van der Waals surface area (Å²) >= 11 is 0. The first-order valence-corrected chi connectivity index (χ1v) is 7.22. The molecule has 20 heavy (non-hydrogen) atoms. The molecular formula is C16H24N2O2. The molecule has 1 aliphatic heterocycles. The molecule has 4 heteroatoms. The number of hydrogen-bond acceptors (Lipinski definition) is 3. The molecule has 1 aromatic carbocycles. The molecule has 0 saturated carbocycles. The van der Waals surface area contributed by atoms with Crippen LogP contribution in [0.3, 0.4) is 0 Å². The van der Waals surface area contributed by atoms with E-state index in [4.69, 9.17) is 4.74 Å². The van der Waals surface area contributed by atoms with Crippen LogP contribution in [0.1, 0.15) is 25.5 Å². The number of ether oxygens (including phenoxy) is 1. The lowest BCUT2D eigenvalue weighted by Gasteiger charge is -2.34. The topological polar surface area (TPSA) is 32.8 Å². The lowest BCUT2D eigenvalue weighted by Crippen LogP contribution is -2.47. The van der Waals surface area contributed by atoms with Crippen LogP contribution in [-0.4, -0.2) is 55.0 Å². The molecule has 0 bridgehead atoms. The van der Waals surface area contributed by atoms with Crippen molar-refractivity contribution >= 4 is 5.91 Å². The average Bonchev–Trinajstić information content (AvgIpc) is 2.48. The summed E-state index contributed by atoms with van der Waals surface area (Å²) in [5.41, 5.74) is 1.14. The van der Waals surface area contributed by atoms with Gasteiger partial charge in [-0.2, -0.15) is 0 Å². The average molecular weight is 276 g/mol. The van der Waals surface area contributed by atoms with E-state index in [1.54, 1.807) is 0 Å². The van der Waals surface area contributed by atoms with Crippen LogP contribution < -0.4 is 0 Å². The fraction of sp³-hybridized carbons (Fsp3) is 0.562. The Labute approximate surface area is 121 Å². The summed E-state index contributed by atoms with van der Waals surface area (Å²) in [4.78, 5) is 16.3. The Morgan fingerprint density at radius 3 is 2.75 bits per heavy atom. The second-order valence-corrected chi connectivity index (χ2v) is 5.62. The van der Waals surface area contributed by atoms with Crippen molar-refractivity contribution in [3.05, 3.63) is 35.9 Å². The van der Waals surface area contributed by atoms with Gasteiger partial charge in [-0.25, -0.2) is 0 Å². The third kappa shape index (κ3) is 3.81. The Morgan fingerprint density at radius 2 is 2.10 bits per heavy atom. The number of carbonyl (C=O) groups excluding carboxylic acids is 1. The smallest absolute Gasteiger partial charge is 0.236 e. The van der Waals surface area contributed by atoms with E-state index in [1.165, 1.54) is 0 Å². The zero-order chi connectivity index (χ0) is 14.5. The van der Waals surface area contributed by atoms with Gasteiger partial charge in [-0.1, -0.05) is 30.3 Å². The maximum absolute atomic E-state index is 12.3. The van der Waals surface area contributed by atoms with Gasteiger partial charge in [-0.05, 0) is 26.5 Å². The van der Waals surface area contributed by atoms with Gasteiger partial charge in [0, 0.05) is 12.6 Å². The molecule has 1 aromatic rings. The summed E-state index contributed by atoms with van der Waals surface area (Å²) in [7, 11) is 1.98. The maximum atomic E-state index is 12.3. The monoisotopic (exact) mass is 276 g/mol. The molecular weight excluding hydrogens is 252 g/mol. The van der Waals surface area contributed by atoms with Crippen molar-refractivity contribution in [2.75, 3.05) is 33.3 Å². The van der Waals surface area contributed by atoms with Gasteiger partial charge in [0.1, 0.15) is 6.10 Å². The first-order chi connectivity index (χ1) is 9.58. The SMILES string of the molecule is CC(C)N(C)CC(=O)N1CCO[C@@H](c2ccccc2)C1. The molecule has 1 atom stereocenters. The summed E-state index contributed by atoms with van der Waals surface area (Å²) in [6.45, 7) is 6.61. The number of likely N-dealkylation sites (N-methyl/N-ethyl adjacent to an activating group) is 1. The Kier molecular flexibility index (Phi) is 5.15. The van der Waals surface area contributed by atoms with Gasteiger partial charge in [0.15, 0.2) is 0 Å². The van der Waals surface area contributed by atoms with Crippen molar-refractivity contribution in [1.82, 2.24) is 9.80 Å². The predicted octanol–water partition coefficient (Wildman–Crippen LogP) is 1.93. The van der Waals surface area contributed by atoms with Gasteiger partial charge in [0.05, 0.1) is 19.7 Å². The number of hydrogen-bond donors (Lipinski definition) is 0. The zero-order valence-electron chi connectivity index (χ0n) is 12.6. The number of benzene rings is 1. The molecule has 0 aliphatic carbocycles. The second-order valence-electron chi connectivity index (χ2n) is 5.62. The Balaban J connectivity index is 1.95. The van der Waals surface area contributed by atoms with E-state index in [-0.39, 0.29) is 12.0 Å². The first kappa shape index (κ1) is 15.0. The van der Waals surface area contributed by atoms with Gasteiger partial charge < -0.3 is 9.64 Å². The van der Waals surface area contributed by atoms with Crippen molar-refractivity contribution in [2.45, 2.75) is 26.0 Å². The van der Waals surface area contributed by atoms with E-state index >= 15 is 0 Å². The quantitative estimate of drug-likeness (QED) is 0.842. The zero-order valence-corrected chi connectivity index (χ0v) is 12.6. The molecule has 0 aromatic heterocycles. The third-order valence-electron chi connectivity index (χ3n) is 3.86. The summed E-state index contributed by atoms with van der Waals surface area (Å²) in [6, 6.07) is 10.5. The highest BCUT2D eigenvalue weighted by Crippen LogP contribution is 2.21. The lowest BCUT2D eigenvalue weighted by molar-refractivity contribution is -0.140. The molecule has 2 rings (SSSR count). The molecule has 4 nitrogen and oxygen atoms in total. The van der Waals surface area contributed by atoms with E-state index in [9.17, 15) is 4.79 Å². The predicted molar refractivity (Wildman–Crippen MR) is 79.5 cm³/mol. The van der Waals surface area contributed by atoms with Crippen LogP contribution in [0.5, 0.6) is 0 Å². The van der Waals surface area contributed by atoms with E-state index in [1.807, 2.05) is 30.1 Å². The van der Waals surface area contributed by atoms with Crippen molar-refractivity contribution in [2.24, 2.45) is 0 Å². The molecule has 110 valence electrons. The minimum Gasteiger partial charge on any atom is -0.370 e. The van der Waals surface area contributed by atoms with Crippen LogP contribution >= 0.6 is 0 Å². The highest BCUT2D eigenvalue weighted by atomic mass is 16.5. The summed E-state index contributed by atoms with van der Waals surface area (Å²) in [5, 5.41) is 0. The van der Waals surface area contributed by atoms with E-state index in [2.05, 4.69) is 30.9 Å². The largest absolute Gasteiger partial charge is 0.370 e. The van der Waals surface area contributed by atoms with Gasteiger partial charge in [0.25, 0.3) is 0 Å². The van der Waals surface area contributed by atoms with Crippen LogP contribution in [0, 0.1) is 0 Å². The lowest BCUT2D eigenvalue weighted by atomic mass is 10.1. The summed E-state index contributed by atoms with van der Waals surface area (Å²) in [5.74, 6) is 0.186. The van der Waals surface area contributed by atoms with Crippen molar-refractivity contribution in [1.29, 1.82) is 0 Å². The molecule has 0 unspecified atom stereocenters. The van der Waals surface area contributed by atoms with Crippen LogP contribution in [0.2, 0.25) is 0 Å². The highest BCUT2D eigenvalue weighted by molar-refractivity contribution is 5.78. The standard InChI is InChI=1S/C16H24N2O2/c1-13(2)17(3)12-16(19)18-9-10-20-15(11-18)14-7-5-4-6-8-14/h4-8,13,15H,9-12H2,1-3H3/t15-/m1/s1. The Bertz CT molecular complexity index is 433. The van der Waals surface area contributed by atoms with Crippen molar-refractivity contribution in [3.8, 4) is 0 Å². The van der Waals surface area contributed by atoms with Crippen molar-refractivity contribution in [3.63, 3.8) is 0 Å². The number of carbonyl (C=O) groups is 1. The van der Waals surface area contributed by atoms with Gasteiger partial charge >= 0.3 is 0 Å². The van der Waals surface area contributed by atoms with Crippen LogP contribution in [-0.2, 0) is 9.53 Å². The fourth-order valence-electron chi connectivity index (χ4n) is 2.24. The highest BCUT2D eigenvalue weighted by Gasteiger charge is 2.25. The number of morpholine rings is 1. The van der Waals surface area contributed by atoms with E-state index in [0.717, 1.165) is 5.56 Å². The minimum atomic E-state index is -0.00161. The number of nitrogens with zero attached hydrogens (tertiary/aromatic N) is 2. The number of amides is 1. The van der Waals surface area contributed by atoms with Crippen LogP contribution in [0.15, 0.2) is 30.3 Å². The summed E-state index contributed by atoms with van der Waals surface area (Å²) < 4.78 is 5.79. The third-order valence-corrected chi connectivity index (χ3v) is 3.86. The first-order valence-electron chi connectivity index (χ1n) is 7.22.